The Labute approximate surface area is 125 Å². The van der Waals surface area contributed by atoms with Gasteiger partial charge in [0, 0.05) is 9.61 Å². The second kappa shape index (κ2) is 6.90. The molecule has 1 saturated carbocycles. The van der Waals surface area contributed by atoms with E-state index in [1.165, 1.54) is 46.8 Å². The van der Waals surface area contributed by atoms with Crippen molar-refractivity contribution in [3.63, 3.8) is 0 Å². The van der Waals surface area contributed by atoms with Gasteiger partial charge in [-0.3, -0.25) is 0 Å². The molecule has 1 nitrogen and oxygen atoms in total. The summed E-state index contributed by atoms with van der Waals surface area (Å²) in [6.07, 6.45) is 6.83. The summed E-state index contributed by atoms with van der Waals surface area (Å²) in [5.74, 6) is 0.840. The maximum absolute atomic E-state index is 3.79. The summed E-state index contributed by atoms with van der Waals surface area (Å²) in [5, 5.41) is 3.79. The summed E-state index contributed by atoms with van der Waals surface area (Å²) in [7, 11) is 0. The average molecular weight is 357 g/mol. The molecule has 1 N–H and O–H groups in total. The van der Waals surface area contributed by atoms with E-state index in [0.29, 0.717) is 6.04 Å². The largest absolute Gasteiger partial charge is 0.310 e. The molecule has 1 aromatic rings. The molecular formula is C16H24IN. The lowest BCUT2D eigenvalue weighted by Gasteiger charge is -2.27. The molecule has 1 fully saturated rings. The van der Waals surface area contributed by atoms with E-state index < -0.39 is 0 Å². The highest BCUT2D eigenvalue weighted by Gasteiger charge is 2.27. The zero-order valence-corrected chi connectivity index (χ0v) is 13.7. The highest BCUT2D eigenvalue weighted by Crippen LogP contribution is 2.37. The summed E-state index contributed by atoms with van der Waals surface area (Å²) < 4.78 is 1.45. The van der Waals surface area contributed by atoms with Crippen molar-refractivity contribution < 1.29 is 0 Å². The van der Waals surface area contributed by atoms with Gasteiger partial charge in [-0.25, -0.2) is 0 Å². The SMILES string of the molecule is CCCNC(c1cccc(C)c1I)C1CCCC1. The minimum Gasteiger partial charge on any atom is -0.310 e. The first kappa shape index (κ1) is 14.3. The summed E-state index contributed by atoms with van der Waals surface area (Å²) in [5.41, 5.74) is 2.94. The summed E-state index contributed by atoms with van der Waals surface area (Å²) in [6.45, 7) is 5.60. The number of nitrogens with one attached hydrogen (secondary N) is 1. The predicted octanol–water partition coefficient (Wildman–Crippen LogP) is 4.83. The number of rotatable bonds is 5. The van der Waals surface area contributed by atoms with Crippen LogP contribution in [-0.2, 0) is 0 Å². The first-order chi connectivity index (χ1) is 8.74. The van der Waals surface area contributed by atoms with Crippen molar-refractivity contribution in [2.45, 2.75) is 52.0 Å². The minimum atomic E-state index is 0.569. The maximum Gasteiger partial charge on any atom is 0.0359 e. The van der Waals surface area contributed by atoms with Crippen molar-refractivity contribution in [1.29, 1.82) is 0 Å². The van der Waals surface area contributed by atoms with Crippen LogP contribution in [0.1, 0.15) is 56.2 Å². The molecule has 1 aliphatic rings. The monoisotopic (exact) mass is 357 g/mol. The lowest BCUT2D eigenvalue weighted by atomic mass is 9.91. The number of benzene rings is 1. The Morgan fingerprint density at radius 1 is 1.33 bits per heavy atom. The number of hydrogen-bond acceptors (Lipinski definition) is 1. The van der Waals surface area contributed by atoms with Gasteiger partial charge in [-0.05, 0) is 72.4 Å². The van der Waals surface area contributed by atoms with Crippen LogP contribution < -0.4 is 5.32 Å². The van der Waals surface area contributed by atoms with Crippen LogP contribution in [0.5, 0.6) is 0 Å². The third kappa shape index (κ3) is 3.27. The highest BCUT2D eigenvalue weighted by atomic mass is 127. The number of halogens is 1. The lowest BCUT2D eigenvalue weighted by Crippen LogP contribution is -2.28. The van der Waals surface area contributed by atoms with Crippen LogP contribution >= 0.6 is 22.6 Å². The molecule has 0 saturated heterocycles. The lowest BCUT2D eigenvalue weighted by molar-refractivity contribution is 0.367. The van der Waals surface area contributed by atoms with Gasteiger partial charge in [-0.1, -0.05) is 38.0 Å². The summed E-state index contributed by atoms with van der Waals surface area (Å²) in [4.78, 5) is 0. The van der Waals surface area contributed by atoms with E-state index in [0.717, 1.165) is 12.5 Å². The van der Waals surface area contributed by atoms with Gasteiger partial charge in [0.1, 0.15) is 0 Å². The van der Waals surface area contributed by atoms with Crippen LogP contribution in [0, 0.1) is 16.4 Å². The van der Waals surface area contributed by atoms with Gasteiger partial charge in [0.15, 0.2) is 0 Å². The highest BCUT2D eigenvalue weighted by molar-refractivity contribution is 14.1. The van der Waals surface area contributed by atoms with Crippen LogP contribution in [0.2, 0.25) is 0 Å². The Balaban J connectivity index is 2.23. The van der Waals surface area contributed by atoms with Crippen LogP contribution in [0.4, 0.5) is 0 Å². The molecule has 0 aliphatic heterocycles. The van der Waals surface area contributed by atoms with Gasteiger partial charge >= 0.3 is 0 Å². The zero-order chi connectivity index (χ0) is 13.0. The van der Waals surface area contributed by atoms with Gasteiger partial charge in [-0.2, -0.15) is 0 Å². The predicted molar refractivity (Wildman–Crippen MR) is 86.9 cm³/mol. The van der Waals surface area contributed by atoms with E-state index in [9.17, 15) is 0 Å². The third-order valence-electron chi connectivity index (χ3n) is 4.04. The summed E-state index contributed by atoms with van der Waals surface area (Å²) >= 11 is 2.52. The van der Waals surface area contributed by atoms with E-state index in [-0.39, 0.29) is 0 Å². The molecule has 1 atom stereocenters. The molecule has 18 heavy (non-hydrogen) atoms. The Morgan fingerprint density at radius 3 is 2.72 bits per heavy atom. The molecule has 0 bridgehead atoms. The van der Waals surface area contributed by atoms with Crippen molar-refractivity contribution >= 4 is 22.6 Å². The Bertz CT molecular complexity index is 383. The fourth-order valence-electron chi connectivity index (χ4n) is 3.03. The smallest absolute Gasteiger partial charge is 0.0359 e. The van der Waals surface area contributed by atoms with Gasteiger partial charge in [0.25, 0.3) is 0 Å². The zero-order valence-electron chi connectivity index (χ0n) is 11.5. The molecule has 0 heterocycles. The molecule has 1 aromatic carbocycles. The van der Waals surface area contributed by atoms with Crippen molar-refractivity contribution in [1.82, 2.24) is 5.32 Å². The molecule has 1 aliphatic carbocycles. The number of aryl methyl sites for hydroxylation is 1. The molecule has 2 heteroatoms. The molecule has 0 spiro atoms. The van der Waals surface area contributed by atoms with Gasteiger partial charge < -0.3 is 5.32 Å². The summed E-state index contributed by atoms with van der Waals surface area (Å²) in [6, 6.07) is 7.32. The van der Waals surface area contributed by atoms with E-state index >= 15 is 0 Å². The second-order valence-corrected chi connectivity index (χ2v) is 6.53. The third-order valence-corrected chi connectivity index (χ3v) is 5.52. The van der Waals surface area contributed by atoms with E-state index in [4.69, 9.17) is 0 Å². The molecule has 0 aromatic heterocycles. The van der Waals surface area contributed by atoms with Crippen LogP contribution in [0.25, 0.3) is 0 Å². The minimum absolute atomic E-state index is 0.569. The Hall–Kier alpha value is -0.0900. The van der Waals surface area contributed by atoms with E-state index in [1.807, 2.05) is 0 Å². The number of hydrogen-bond donors (Lipinski definition) is 1. The normalized spacial score (nSPS) is 18.2. The van der Waals surface area contributed by atoms with Crippen molar-refractivity contribution in [2.75, 3.05) is 6.54 Å². The fourth-order valence-corrected chi connectivity index (χ4v) is 3.73. The van der Waals surface area contributed by atoms with Crippen molar-refractivity contribution in [3.8, 4) is 0 Å². The first-order valence-electron chi connectivity index (χ1n) is 7.22. The molecule has 1 unspecified atom stereocenters. The molecular weight excluding hydrogens is 333 g/mol. The fraction of sp³-hybridized carbons (Fsp3) is 0.625. The topological polar surface area (TPSA) is 12.0 Å². The second-order valence-electron chi connectivity index (χ2n) is 5.45. The Kier molecular flexibility index (Phi) is 5.49. The maximum atomic E-state index is 3.79. The van der Waals surface area contributed by atoms with Crippen LogP contribution in [0.3, 0.4) is 0 Å². The van der Waals surface area contributed by atoms with Crippen molar-refractivity contribution in [3.05, 3.63) is 32.9 Å². The average Bonchev–Trinajstić information content (AvgIpc) is 2.88. The quantitative estimate of drug-likeness (QED) is 0.745. The molecule has 2 rings (SSSR count). The molecule has 0 radical (unpaired) electrons. The standard InChI is InChI=1S/C16H24IN/c1-3-11-18-16(13-8-4-5-9-13)14-10-6-7-12(2)15(14)17/h6-7,10,13,16,18H,3-5,8-9,11H2,1-2H3. The van der Waals surface area contributed by atoms with E-state index in [1.54, 1.807) is 0 Å². The van der Waals surface area contributed by atoms with Gasteiger partial charge in [0.05, 0.1) is 0 Å². The first-order valence-corrected chi connectivity index (χ1v) is 8.30. The van der Waals surface area contributed by atoms with Gasteiger partial charge in [0.2, 0.25) is 0 Å². The van der Waals surface area contributed by atoms with Gasteiger partial charge in [-0.15, -0.1) is 0 Å². The van der Waals surface area contributed by atoms with E-state index in [2.05, 4.69) is 60.0 Å². The van der Waals surface area contributed by atoms with Crippen molar-refractivity contribution in [2.24, 2.45) is 5.92 Å². The molecule has 100 valence electrons. The van der Waals surface area contributed by atoms with Crippen LogP contribution in [0.15, 0.2) is 18.2 Å². The Morgan fingerprint density at radius 2 is 2.06 bits per heavy atom. The van der Waals surface area contributed by atoms with Crippen LogP contribution in [-0.4, -0.2) is 6.54 Å². The molecule has 0 amide bonds.